The molecule has 2 aromatic carbocycles. The van der Waals surface area contributed by atoms with Crippen molar-refractivity contribution in [3.63, 3.8) is 0 Å². The van der Waals surface area contributed by atoms with Gasteiger partial charge in [-0.15, -0.1) is 12.4 Å². The molecule has 0 bridgehead atoms. The van der Waals surface area contributed by atoms with Crippen molar-refractivity contribution in [1.82, 2.24) is 9.80 Å². The highest BCUT2D eigenvalue weighted by Gasteiger charge is 2.44. The van der Waals surface area contributed by atoms with Gasteiger partial charge in [0.05, 0.1) is 12.7 Å². The van der Waals surface area contributed by atoms with Gasteiger partial charge < -0.3 is 25.0 Å². The molecule has 7 heteroatoms. The van der Waals surface area contributed by atoms with Crippen LogP contribution in [0.5, 0.6) is 5.75 Å². The van der Waals surface area contributed by atoms with Crippen LogP contribution >= 0.6 is 12.4 Å². The minimum Gasteiger partial charge on any atom is -0.497 e. The number of halogens is 1. The number of rotatable bonds is 5. The van der Waals surface area contributed by atoms with E-state index in [-0.39, 0.29) is 24.4 Å². The van der Waals surface area contributed by atoms with E-state index in [0.29, 0.717) is 26.1 Å². The van der Waals surface area contributed by atoms with Crippen molar-refractivity contribution < 1.29 is 14.6 Å². The van der Waals surface area contributed by atoms with E-state index < -0.39 is 5.60 Å². The molecule has 2 atom stereocenters. The first kappa shape index (κ1) is 23.0. The molecule has 6 nitrogen and oxygen atoms in total. The highest BCUT2D eigenvalue weighted by atomic mass is 35.5. The number of carbonyl (C=O) groups is 1. The quantitative estimate of drug-likeness (QED) is 0.779. The van der Waals surface area contributed by atoms with Gasteiger partial charge in [0.1, 0.15) is 5.75 Å². The summed E-state index contributed by atoms with van der Waals surface area (Å²) in [6, 6.07) is 16.9. The fourth-order valence-corrected chi connectivity index (χ4v) is 3.85. The van der Waals surface area contributed by atoms with Crippen LogP contribution in [0.4, 0.5) is 10.5 Å². The van der Waals surface area contributed by atoms with Crippen LogP contribution in [0, 0.1) is 5.92 Å². The van der Waals surface area contributed by atoms with Crippen molar-refractivity contribution in [2.75, 3.05) is 46.2 Å². The van der Waals surface area contributed by atoms with E-state index in [9.17, 15) is 9.90 Å². The number of methoxy groups -OCH3 is 1. The Labute approximate surface area is 178 Å². The van der Waals surface area contributed by atoms with Gasteiger partial charge in [0, 0.05) is 31.2 Å². The number of hydrogen-bond acceptors (Lipinski definition) is 4. The number of carbonyl (C=O) groups excluding carboxylic acids is 1. The normalized spacial score (nSPS) is 21.4. The number of hydrogen-bond donors (Lipinski definition) is 2. The number of nitrogens with zero attached hydrogens (tertiary/aromatic N) is 2. The Balaban J connectivity index is 0.00000300. The Kier molecular flexibility index (Phi) is 7.90. The number of para-hydroxylation sites is 1. The van der Waals surface area contributed by atoms with Gasteiger partial charge in [-0.1, -0.05) is 30.3 Å². The summed E-state index contributed by atoms with van der Waals surface area (Å²) in [7, 11) is 5.58. The minimum absolute atomic E-state index is 0. The lowest BCUT2D eigenvalue weighted by Gasteiger charge is -2.45. The molecular weight excluding hydrogens is 390 g/mol. The second kappa shape index (κ2) is 9.96. The first-order valence-electron chi connectivity index (χ1n) is 9.55. The molecule has 0 radical (unpaired) electrons. The molecular formula is C22H30ClN3O3. The van der Waals surface area contributed by atoms with E-state index in [4.69, 9.17) is 4.74 Å². The fraction of sp³-hybridized carbons (Fsp3) is 0.409. The summed E-state index contributed by atoms with van der Waals surface area (Å²) in [6.45, 7) is 1.63. The van der Waals surface area contributed by atoms with Gasteiger partial charge >= 0.3 is 6.03 Å². The summed E-state index contributed by atoms with van der Waals surface area (Å²) in [5, 5.41) is 14.6. The number of anilines is 1. The smallest absolute Gasteiger partial charge is 0.321 e. The molecule has 2 aromatic rings. The van der Waals surface area contributed by atoms with Crippen LogP contribution < -0.4 is 10.1 Å². The number of aliphatic hydroxyl groups is 1. The van der Waals surface area contributed by atoms with Gasteiger partial charge in [-0.25, -0.2) is 4.79 Å². The summed E-state index contributed by atoms with van der Waals surface area (Å²) in [5.74, 6) is 0.601. The molecule has 0 saturated carbocycles. The lowest BCUT2D eigenvalue weighted by molar-refractivity contribution is -0.0750. The number of benzene rings is 2. The summed E-state index contributed by atoms with van der Waals surface area (Å²) < 4.78 is 5.34. The van der Waals surface area contributed by atoms with E-state index in [1.807, 2.05) is 68.7 Å². The van der Waals surface area contributed by atoms with E-state index in [0.717, 1.165) is 17.0 Å². The van der Waals surface area contributed by atoms with Crippen LogP contribution in [-0.4, -0.2) is 61.8 Å². The zero-order valence-electron chi connectivity index (χ0n) is 17.2. The van der Waals surface area contributed by atoms with E-state index >= 15 is 0 Å². The molecule has 0 aromatic heterocycles. The molecule has 1 saturated heterocycles. The molecule has 1 aliphatic rings. The molecule has 0 spiro atoms. The summed E-state index contributed by atoms with van der Waals surface area (Å²) in [5.41, 5.74) is 0.592. The Hall–Kier alpha value is -2.28. The first-order chi connectivity index (χ1) is 13.4. The van der Waals surface area contributed by atoms with Crippen molar-refractivity contribution in [2.45, 2.75) is 12.0 Å². The van der Waals surface area contributed by atoms with Crippen LogP contribution in [0.25, 0.3) is 0 Å². The van der Waals surface area contributed by atoms with Crippen molar-refractivity contribution in [3.8, 4) is 5.75 Å². The van der Waals surface area contributed by atoms with Crippen LogP contribution in [0.2, 0.25) is 0 Å². The third-order valence-electron chi connectivity index (χ3n) is 5.35. The maximum Gasteiger partial charge on any atom is 0.321 e. The Bertz CT molecular complexity index is 803. The molecule has 2 amide bonds. The molecule has 1 heterocycles. The van der Waals surface area contributed by atoms with Crippen molar-refractivity contribution in [2.24, 2.45) is 5.92 Å². The molecule has 1 fully saturated rings. The second-order valence-electron chi connectivity index (χ2n) is 7.61. The number of amides is 2. The van der Waals surface area contributed by atoms with Gasteiger partial charge in [0.25, 0.3) is 0 Å². The van der Waals surface area contributed by atoms with E-state index in [1.165, 1.54) is 0 Å². The lowest BCUT2D eigenvalue weighted by Crippen LogP contribution is -2.55. The Morgan fingerprint density at radius 3 is 2.62 bits per heavy atom. The third kappa shape index (κ3) is 5.41. The second-order valence-corrected chi connectivity index (χ2v) is 7.61. The average molecular weight is 420 g/mol. The standard InChI is InChI=1S/C22H29N3O3.ClH/c1-24(2)15-18-16-25(21(26)23-19-9-5-4-6-10-19)13-12-22(18,27)17-8-7-11-20(14-17)28-3;/h4-11,14,18,27H,12-13,15-16H2,1-3H3,(H,23,26);1H. The predicted molar refractivity (Wildman–Crippen MR) is 118 cm³/mol. The van der Waals surface area contributed by atoms with Crippen molar-refractivity contribution in [3.05, 3.63) is 60.2 Å². The van der Waals surface area contributed by atoms with Crippen molar-refractivity contribution >= 4 is 24.1 Å². The van der Waals surface area contributed by atoms with Gasteiger partial charge in [0.15, 0.2) is 0 Å². The van der Waals surface area contributed by atoms with Gasteiger partial charge in [-0.3, -0.25) is 0 Å². The third-order valence-corrected chi connectivity index (χ3v) is 5.35. The van der Waals surface area contributed by atoms with Crippen molar-refractivity contribution in [1.29, 1.82) is 0 Å². The number of urea groups is 1. The Morgan fingerprint density at radius 2 is 1.97 bits per heavy atom. The topological polar surface area (TPSA) is 65.0 Å². The molecule has 2 N–H and O–H groups in total. The maximum absolute atomic E-state index is 12.7. The SMILES string of the molecule is COc1cccc(C2(O)CCN(C(=O)Nc3ccccc3)CC2CN(C)C)c1.Cl. The van der Waals surface area contributed by atoms with Gasteiger partial charge in [-0.05, 0) is 50.3 Å². The molecule has 158 valence electrons. The van der Waals surface area contributed by atoms with Gasteiger partial charge in [0.2, 0.25) is 0 Å². The fourth-order valence-electron chi connectivity index (χ4n) is 3.85. The number of ether oxygens (including phenoxy) is 1. The van der Waals surface area contributed by atoms with Gasteiger partial charge in [-0.2, -0.15) is 0 Å². The van der Waals surface area contributed by atoms with Crippen LogP contribution in [0.1, 0.15) is 12.0 Å². The highest BCUT2D eigenvalue weighted by molar-refractivity contribution is 5.89. The monoisotopic (exact) mass is 419 g/mol. The molecule has 2 unspecified atom stereocenters. The zero-order chi connectivity index (χ0) is 20.1. The van der Waals surface area contributed by atoms with E-state index in [1.54, 1.807) is 12.0 Å². The number of piperidine rings is 1. The Morgan fingerprint density at radius 1 is 1.24 bits per heavy atom. The van der Waals surface area contributed by atoms with Crippen LogP contribution in [0.15, 0.2) is 54.6 Å². The number of nitrogens with one attached hydrogen (secondary N) is 1. The molecule has 0 aliphatic carbocycles. The van der Waals surface area contributed by atoms with Crippen LogP contribution in [-0.2, 0) is 5.60 Å². The first-order valence-corrected chi connectivity index (χ1v) is 9.55. The van der Waals surface area contributed by atoms with Crippen LogP contribution in [0.3, 0.4) is 0 Å². The summed E-state index contributed by atoms with van der Waals surface area (Å²) in [6.07, 6.45) is 0.473. The summed E-state index contributed by atoms with van der Waals surface area (Å²) in [4.78, 5) is 16.6. The zero-order valence-corrected chi connectivity index (χ0v) is 18.0. The highest BCUT2D eigenvalue weighted by Crippen LogP contribution is 2.39. The molecule has 29 heavy (non-hydrogen) atoms. The minimum atomic E-state index is -1.01. The number of likely N-dealkylation sites (tertiary alicyclic amines) is 1. The molecule has 1 aliphatic heterocycles. The summed E-state index contributed by atoms with van der Waals surface area (Å²) >= 11 is 0. The molecule has 3 rings (SSSR count). The van der Waals surface area contributed by atoms with E-state index in [2.05, 4.69) is 10.2 Å². The largest absolute Gasteiger partial charge is 0.497 e. The predicted octanol–water partition coefficient (Wildman–Crippen LogP) is 3.42. The average Bonchev–Trinajstić information content (AvgIpc) is 2.70. The maximum atomic E-state index is 12.7. The lowest BCUT2D eigenvalue weighted by atomic mass is 9.75.